The molecule has 1 fully saturated rings. The van der Waals surface area contributed by atoms with Crippen molar-refractivity contribution in [2.45, 2.75) is 17.8 Å². The van der Waals surface area contributed by atoms with E-state index in [1.165, 1.54) is 0 Å². The van der Waals surface area contributed by atoms with Crippen LogP contribution in [0.4, 0.5) is 0 Å². The number of nitrogens with one attached hydrogen (secondary N) is 1. The summed E-state index contributed by atoms with van der Waals surface area (Å²) in [5.41, 5.74) is 0.271. The van der Waals surface area contributed by atoms with Crippen LogP contribution in [0.2, 0.25) is 0 Å². The average Bonchev–Trinajstić information content (AvgIpc) is 2.58. The summed E-state index contributed by atoms with van der Waals surface area (Å²) in [5.74, 6) is -2.82. The molecule has 144 valence electrons. The molecule has 0 aliphatic carbocycles. The van der Waals surface area contributed by atoms with Crippen molar-refractivity contribution in [2.75, 3.05) is 12.0 Å². The third-order valence-corrected chi connectivity index (χ3v) is 5.67. The second-order valence-corrected chi connectivity index (χ2v) is 8.66. The van der Waals surface area contributed by atoms with Crippen LogP contribution in [0.25, 0.3) is 0 Å². The average molecular weight is 412 g/mol. The van der Waals surface area contributed by atoms with Crippen LogP contribution in [0.5, 0.6) is 0 Å². The molecular formula is C16H16N2O7S2. The lowest BCUT2D eigenvalue weighted by atomic mass is 10.0. The van der Waals surface area contributed by atoms with Gasteiger partial charge in [-0.1, -0.05) is 30.3 Å². The molecule has 2 aliphatic heterocycles. The normalized spacial score (nSPS) is 22.0. The van der Waals surface area contributed by atoms with E-state index in [9.17, 15) is 27.9 Å². The molecule has 0 aromatic heterocycles. The number of benzene rings is 1. The van der Waals surface area contributed by atoms with Crippen molar-refractivity contribution < 1.29 is 32.1 Å². The van der Waals surface area contributed by atoms with Gasteiger partial charge >= 0.3 is 16.1 Å². The Labute approximate surface area is 159 Å². The van der Waals surface area contributed by atoms with E-state index < -0.39 is 39.1 Å². The molecular weight excluding hydrogens is 396 g/mol. The van der Waals surface area contributed by atoms with Crippen LogP contribution in [-0.4, -0.2) is 59.6 Å². The number of carboxylic acids is 1. The Kier molecular flexibility index (Phi) is 5.16. The number of carboxylic acid groups (broad SMARTS) is 1. The van der Waals surface area contributed by atoms with Gasteiger partial charge in [-0.3, -0.25) is 14.5 Å². The van der Waals surface area contributed by atoms with Crippen molar-refractivity contribution in [3.63, 3.8) is 0 Å². The molecule has 2 amide bonds. The topological polar surface area (TPSA) is 130 Å². The number of hydrogen-bond donors (Lipinski definition) is 2. The van der Waals surface area contributed by atoms with Crippen molar-refractivity contribution in [3.8, 4) is 0 Å². The number of carbonyl (C=O) groups excluding carboxylic acids is 2. The van der Waals surface area contributed by atoms with Crippen molar-refractivity contribution in [3.05, 3.63) is 47.4 Å². The molecule has 2 atom stereocenters. The van der Waals surface area contributed by atoms with E-state index in [0.29, 0.717) is 0 Å². The van der Waals surface area contributed by atoms with Gasteiger partial charge in [0, 0.05) is 0 Å². The zero-order valence-corrected chi connectivity index (χ0v) is 15.7. The molecule has 1 aromatic carbocycles. The highest BCUT2D eigenvalue weighted by atomic mass is 32.2. The Hall–Kier alpha value is -2.53. The monoisotopic (exact) mass is 412 g/mol. The van der Waals surface area contributed by atoms with Gasteiger partial charge in [0.2, 0.25) is 5.91 Å². The quantitative estimate of drug-likeness (QED) is 0.489. The molecule has 0 unspecified atom stereocenters. The molecule has 0 saturated carbocycles. The lowest BCUT2D eigenvalue weighted by Gasteiger charge is -2.48. The standard InChI is InChI=1S/C16H16N2O7S2/c1-27(23,24)25-10-8-26-15-12(14(20)18(15)13(10)16(21)22)17-11(19)7-9-5-3-2-4-6-9/h2-6,12,15H,7-8H2,1H3,(H,17,19)(H,21,22)/t12-,15-/m1/s1. The van der Waals surface area contributed by atoms with Gasteiger partial charge in [-0.25, -0.2) is 4.79 Å². The van der Waals surface area contributed by atoms with Crippen molar-refractivity contribution in [1.29, 1.82) is 0 Å². The Balaban J connectivity index is 1.73. The minimum atomic E-state index is -3.93. The summed E-state index contributed by atoms with van der Waals surface area (Å²) in [6, 6.07) is 8.10. The van der Waals surface area contributed by atoms with E-state index in [0.717, 1.165) is 28.5 Å². The molecule has 11 heteroatoms. The molecule has 27 heavy (non-hydrogen) atoms. The SMILES string of the molecule is CS(=O)(=O)OC1=C(C(=O)O)N2C(=O)[C@@H](NC(=O)Cc3ccccc3)[C@H]2SC1. The summed E-state index contributed by atoms with van der Waals surface area (Å²) in [5, 5.41) is 11.4. The van der Waals surface area contributed by atoms with E-state index in [1.54, 1.807) is 24.3 Å². The third-order valence-electron chi connectivity index (χ3n) is 3.91. The predicted octanol–water partition coefficient (Wildman–Crippen LogP) is -0.0986. The molecule has 2 N–H and O–H groups in total. The van der Waals surface area contributed by atoms with Crippen LogP contribution < -0.4 is 5.32 Å². The van der Waals surface area contributed by atoms with E-state index in [4.69, 9.17) is 4.18 Å². The molecule has 0 radical (unpaired) electrons. The zero-order valence-electron chi connectivity index (χ0n) is 14.1. The predicted molar refractivity (Wildman–Crippen MR) is 95.8 cm³/mol. The summed E-state index contributed by atoms with van der Waals surface area (Å²) < 4.78 is 27.4. The zero-order chi connectivity index (χ0) is 19.8. The first-order valence-corrected chi connectivity index (χ1v) is 10.7. The van der Waals surface area contributed by atoms with Gasteiger partial charge < -0.3 is 14.6 Å². The maximum atomic E-state index is 12.4. The van der Waals surface area contributed by atoms with E-state index in [2.05, 4.69) is 5.32 Å². The highest BCUT2D eigenvalue weighted by Gasteiger charge is 2.55. The van der Waals surface area contributed by atoms with Gasteiger partial charge in [-0.15, -0.1) is 11.8 Å². The van der Waals surface area contributed by atoms with Crippen molar-refractivity contribution in [2.24, 2.45) is 0 Å². The molecule has 0 spiro atoms. The lowest BCUT2D eigenvalue weighted by Crippen LogP contribution is -2.70. The minimum Gasteiger partial charge on any atom is -0.476 e. The molecule has 3 rings (SSSR count). The fraction of sp³-hybridized carbons (Fsp3) is 0.312. The smallest absolute Gasteiger partial charge is 0.356 e. The fourth-order valence-electron chi connectivity index (χ4n) is 2.84. The first-order valence-electron chi connectivity index (χ1n) is 7.81. The summed E-state index contributed by atoms with van der Waals surface area (Å²) in [7, 11) is -3.93. The summed E-state index contributed by atoms with van der Waals surface area (Å²) in [6.07, 6.45) is 0.882. The van der Waals surface area contributed by atoms with Crippen LogP contribution in [0.15, 0.2) is 41.8 Å². The number of carbonyl (C=O) groups is 3. The Morgan fingerprint density at radius 1 is 1.33 bits per heavy atom. The number of rotatable bonds is 6. The largest absolute Gasteiger partial charge is 0.476 e. The molecule has 0 bridgehead atoms. The second-order valence-electron chi connectivity index (χ2n) is 5.98. The van der Waals surface area contributed by atoms with Crippen molar-refractivity contribution in [1.82, 2.24) is 10.2 Å². The van der Waals surface area contributed by atoms with E-state index >= 15 is 0 Å². The summed E-state index contributed by atoms with van der Waals surface area (Å²) in [4.78, 5) is 37.1. The molecule has 1 saturated heterocycles. The number of aliphatic carboxylic acids is 1. The molecule has 2 heterocycles. The summed E-state index contributed by atoms with van der Waals surface area (Å²) in [6.45, 7) is 0. The Morgan fingerprint density at radius 3 is 2.59 bits per heavy atom. The van der Waals surface area contributed by atoms with Crippen LogP contribution in [0.3, 0.4) is 0 Å². The Bertz CT molecular complexity index is 927. The Morgan fingerprint density at radius 2 is 2.00 bits per heavy atom. The van der Waals surface area contributed by atoms with Gasteiger partial charge in [-0.2, -0.15) is 8.42 Å². The number of thioether (sulfide) groups is 1. The minimum absolute atomic E-state index is 0.0474. The van der Waals surface area contributed by atoms with Crippen LogP contribution in [-0.2, 0) is 35.1 Å². The number of fused-ring (bicyclic) bond motifs is 1. The lowest BCUT2D eigenvalue weighted by molar-refractivity contribution is -0.151. The highest BCUT2D eigenvalue weighted by molar-refractivity contribution is 8.00. The van der Waals surface area contributed by atoms with E-state index in [-0.39, 0.29) is 23.8 Å². The number of hydrogen-bond acceptors (Lipinski definition) is 7. The first kappa shape index (κ1) is 19.2. The molecule has 1 aromatic rings. The molecule has 9 nitrogen and oxygen atoms in total. The maximum Gasteiger partial charge on any atom is 0.356 e. The first-order chi connectivity index (χ1) is 12.7. The number of amides is 2. The van der Waals surface area contributed by atoms with Gasteiger partial charge in [0.05, 0.1) is 18.4 Å². The maximum absolute atomic E-state index is 12.4. The van der Waals surface area contributed by atoms with Crippen LogP contribution >= 0.6 is 11.8 Å². The number of nitrogens with zero attached hydrogens (tertiary/aromatic N) is 1. The van der Waals surface area contributed by atoms with Gasteiger partial charge in [0.25, 0.3) is 5.91 Å². The van der Waals surface area contributed by atoms with Gasteiger partial charge in [-0.05, 0) is 5.56 Å². The van der Waals surface area contributed by atoms with Crippen molar-refractivity contribution >= 4 is 39.7 Å². The summed E-state index contributed by atoms with van der Waals surface area (Å²) >= 11 is 1.12. The highest BCUT2D eigenvalue weighted by Crippen LogP contribution is 2.40. The van der Waals surface area contributed by atoms with Gasteiger partial charge in [0.15, 0.2) is 11.5 Å². The third kappa shape index (κ3) is 4.08. The van der Waals surface area contributed by atoms with Crippen LogP contribution in [0.1, 0.15) is 5.56 Å². The van der Waals surface area contributed by atoms with Crippen LogP contribution in [0, 0.1) is 0 Å². The number of β-lactam (4-membered cyclic amide) rings is 1. The van der Waals surface area contributed by atoms with Gasteiger partial charge in [0.1, 0.15) is 11.4 Å². The fourth-order valence-corrected chi connectivity index (χ4v) is 4.67. The molecule has 2 aliphatic rings. The van der Waals surface area contributed by atoms with E-state index in [1.807, 2.05) is 6.07 Å². The second kappa shape index (κ2) is 7.24.